The highest BCUT2D eigenvalue weighted by molar-refractivity contribution is 8.01. The lowest BCUT2D eigenvalue weighted by molar-refractivity contribution is 0.542. The monoisotopic (exact) mass is 258 g/mol. The van der Waals surface area contributed by atoms with E-state index in [-0.39, 0.29) is 10.6 Å². The van der Waals surface area contributed by atoms with Gasteiger partial charge in [-0.05, 0) is 19.1 Å². The standard InChI is InChI=1S/C10H8F2N2S2/c1-5-4-15-10(14-5)16-9-7(11)2-6(13)3-8(9)12/h2-4H,13H2,1H3. The average Bonchev–Trinajstić information content (AvgIpc) is 2.58. The van der Waals surface area contributed by atoms with E-state index in [2.05, 4.69) is 4.98 Å². The molecule has 1 aromatic heterocycles. The first-order chi connectivity index (χ1) is 7.56. The smallest absolute Gasteiger partial charge is 0.155 e. The predicted octanol–water partition coefficient (Wildman–Crippen LogP) is 3.46. The Kier molecular flexibility index (Phi) is 3.11. The lowest BCUT2D eigenvalue weighted by atomic mass is 10.3. The molecule has 0 amide bonds. The number of anilines is 1. The van der Waals surface area contributed by atoms with Crippen LogP contribution in [0.1, 0.15) is 5.69 Å². The molecular weight excluding hydrogens is 250 g/mol. The quantitative estimate of drug-likeness (QED) is 0.838. The first kappa shape index (κ1) is 11.3. The predicted molar refractivity (Wildman–Crippen MR) is 61.7 cm³/mol. The van der Waals surface area contributed by atoms with Gasteiger partial charge in [-0.3, -0.25) is 0 Å². The van der Waals surface area contributed by atoms with E-state index in [0.717, 1.165) is 29.6 Å². The van der Waals surface area contributed by atoms with Gasteiger partial charge in [-0.25, -0.2) is 13.8 Å². The van der Waals surface area contributed by atoms with Crippen LogP contribution in [0.5, 0.6) is 0 Å². The number of nitrogen functional groups attached to an aromatic ring is 1. The Hall–Kier alpha value is -1.14. The number of hydrogen-bond donors (Lipinski definition) is 1. The second kappa shape index (κ2) is 4.39. The van der Waals surface area contributed by atoms with Gasteiger partial charge < -0.3 is 5.73 Å². The van der Waals surface area contributed by atoms with Crippen LogP contribution in [0.25, 0.3) is 0 Å². The molecule has 84 valence electrons. The summed E-state index contributed by atoms with van der Waals surface area (Å²) >= 11 is 2.33. The number of benzene rings is 1. The van der Waals surface area contributed by atoms with Crippen LogP contribution in [-0.2, 0) is 0 Å². The van der Waals surface area contributed by atoms with Crippen LogP contribution in [0.4, 0.5) is 14.5 Å². The minimum Gasteiger partial charge on any atom is -0.399 e. The van der Waals surface area contributed by atoms with Gasteiger partial charge in [0.25, 0.3) is 0 Å². The SMILES string of the molecule is Cc1csc(Sc2c(F)cc(N)cc2F)n1. The van der Waals surface area contributed by atoms with Gasteiger partial charge in [-0.2, -0.15) is 0 Å². The number of aryl methyl sites for hydroxylation is 1. The van der Waals surface area contributed by atoms with Crippen molar-refractivity contribution in [2.75, 3.05) is 5.73 Å². The van der Waals surface area contributed by atoms with Gasteiger partial charge in [-0.1, -0.05) is 11.8 Å². The van der Waals surface area contributed by atoms with E-state index in [1.165, 1.54) is 11.3 Å². The van der Waals surface area contributed by atoms with Crippen LogP contribution in [0.3, 0.4) is 0 Å². The van der Waals surface area contributed by atoms with Crippen molar-refractivity contribution in [2.24, 2.45) is 0 Å². The van der Waals surface area contributed by atoms with E-state index in [0.29, 0.717) is 4.34 Å². The number of hydrogen-bond acceptors (Lipinski definition) is 4. The van der Waals surface area contributed by atoms with Crippen molar-refractivity contribution in [1.29, 1.82) is 0 Å². The Labute approximate surface area is 99.5 Å². The fraction of sp³-hybridized carbons (Fsp3) is 0.100. The maximum absolute atomic E-state index is 13.4. The molecule has 1 heterocycles. The Morgan fingerprint density at radius 1 is 1.31 bits per heavy atom. The third kappa shape index (κ3) is 2.33. The minimum atomic E-state index is -0.657. The Balaban J connectivity index is 2.34. The van der Waals surface area contributed by atoms with Crippen molar-refractivity contribution in [3.63, 3.8) is 0 Å². The molecule has 0 radical (unpaired) electrons. The molecule has 0 saturated carbocycles. The summed E-state index contributed by atoms with van der Waals surface area (Å²) in [5.74, 6) is -1.31. The molecule has 2 rings (SSSR count). The fourth-order valence-corrected chi connectivity index (χ4v) is 2.93. The fourth-order valence-electron chi connectivity index (χ4n) is 1.14. The zero-order valence-corrected chi connectivity index (χ0v) is 9.96. The van der Waals surface area contributed by atoms with Crippen molar-refractivity contribution in [1.82, 2.24) is 4.98 Å². The van der Waals surface area contributed by atoms with Crippen LogP contribution in [0.15, 0.2) is 26.7 Å². The molecule has 2 aromatic rings. The molecule has 0 aliphatic carbocycles. The molecule has 16 heavy (non-hydrogen) atoms. The van der Waals surface area contributed by atoms with Crippen molar-refractivity contribution in [3.05, 3.63) is 34.8 Å². The molecule has 0 aliphatic heterocycles. The summed E-state index contributed by atoms with van der Waals surface area (Å²) in [5, 5.41) is 1.83. The number of nitrogens with zero attached hydrogens (tertiary/aromatic N) is 1. The Morgan fingerprint density at radius 3 is 2.44 bits per heavy atom. The van der Waals surface area contributed by atoms with Crippen LogP contribution in [-0.4, -0.2) is 4.98 Å². The number of thiazole rings is 1. The zero-order chi connectivity index (χ0) is 11.7. The van der Waals surface area contributed by atoms with Crippen molar-refractivity contribution in [3.8, 4) is 0 Å². The summed E-state index contributed by atoms with van der Waals surface area (Å²) in [6, 6.07) is 2.21. The van der Waals surface area contributed by atoms with Crippen molar-refractivity contribution >= 4 is 28.8 Å². The van der Waals surface area contributed by atoms with Crippen molar-refractivity contribution in [2.45, 2.75) is 16.2 Å². The van der Waals surface area contributed by atoms with Gasteiger partial charge in [-0.15, -0.1) is 11.3 Å². The number of nitrogens with two attached hydrogens (primary N) is 1. The van der Waals surface area contributed by atoms with Crippen LogP contribution < -0.4 is 5.73 Å². The number of rotatable bonds is 2. The summed E-state index contributed by atoms with van der Waals surface area (Å²) < 4.78 is 27.5. The maximum Gasteiger partial charge on any atom is 0.155 e. The summed E-state index contributed by atoms with van der Waals surface area (Å²) in [6.07, 6.45) is 0. The van der Waals surface area contributed by atoms with Gasteiger partial charge in [0.1, 0.15) is 11.6 Å². The molecule has 0 bridgehead atoms. The Bertz CT molecular complexity index is 502. The molecule has 6 heteroatoms. The maximum atomic E-state index is 13.4. The molecular formula is C10H8F2N2S2. The lowest BCUT2D eigenvalue weighted by Crippen LogP contribution is -1.92. The number of aromatic nitrogens is 1. The van der Waals surface area contributed by atoms with Gasteiger partial charge in [0.2, 0.25) is 0 Å². The molecule has 0 atom stereocenters. The van der Waals surface area contributed by atoms with E-state index in [9.17, 15) is 8.78 Å². The summed E-state index contributed by atoms with van der Waals surface area (Å²) in [6.45, 7) is 1.83. The molecule has 2 N–H and O–H groups in total. The van der Waals surface area contributed by atoms with Crippen LogP contribution in [0.2, 0.25) is 0 Å². The molecule has 2 nitrogen and oxygen atoms in total. The highest BCUT2D eigenvalue weighted by atomic mass is 32.2. The molecule has 0 aliphatic rings. The van der Waals surface area contributed by atoms with Gasteiger partial charge in [0.05, 0.1) is 4.90 Å². The second-order valence-corrected chi connectivity index (χ2v) is 5.29. The highest BCUT2D eigenvalue weighted by Gasteiger charge is 2.13. The molecule has 0 saturated heterocycles. The third-order valence-electron chi connectivity index (χ3n) is 1.81. The Morgan fingerprint density at radius 2 is 1.94 bits per heavy atom. The van der Waals surface area contributed by atoms with E-state index >= 15 is 0 Å². The van der Waals surface area contributed by atoms with Crippen molar-refractivity contribution < 1.29 is 8.78 Å². The normalized spacial score (nSPS) is 10.7. The van der Waals surface area contributed by atoms with E-state index in [1.54, 1.807) is 0 Å². The molecule has 0 unspecified atom stereocenters. The average molecular weight is 258 g/mol. The molecule has 0 spiro atoms. The zero-order valence-electron chi connectivity index (χ0n) is 8.33. The van der Waals surface area contributed by atoms with Crippen LogP contribution in [0, 0.1) is 18.6 Å². The van der Waals surface area contributed by atoms with Crippen LogP contribution >= 0.6 is 23.1 Å². The number of halogens is 2. The summed E-state index contributed by atoms with van der Waals surface area (Å²) in [4.78, 5) is 4.06. The van der Waals surface area contributed by atoms with Gasteiger partial charge >= 0.3 is 0 Å². The summed E-state index contributed by atoms with van der Waals surface area (Å²) in [5.41, 5.74) is 6.24. The molecule has 1 aromatic carbocycles. The first-order valence-electron chi connectivity index (χ1n) is 4.41. The first-order valence-corrected chi connectivity index (χ1v) is 6.10. The van der Waals surface area contributed by atoms with E-state index in [4.69, 9.17) is 5.73 Å². The van der Waals surface area contributed by atoms with E-state index in [1.807, 2.05) is 12.3 Å². The van der Waals surface area contributed by atoms with Gasteiger partial charge in [0.15, 0.2) is 4.34 Å². The molecule has 0 fully saturated rings. The third-order valence-corrected chi connectivity index (χ3v) is 3.96. The summed E-state index contributed by atoms with van der Waals surface area (Å²) in [7, 11) is 0. The second-order valence-electron chi connectivity index (χ2n) is 3.17. The lowest BCUT2D eigenvalue weighted by Gasteiger charge is -2.03. The largest absolute Gasteiger partial charge is 0.399 e. The van der Waals surface area contributed by atoms with E-state index < -0.39 is 11.6 Å². The minimum absolute atomic E-state index is 0.0662. The van der Waals surface area contributed by atoms with Gasteiger partial charge in [0, 0.05) is 16.8 Å². The highest BCUT2D eigenvalue weighted by Crippen LogP contribution is 2.34. The topological polar surface area (TPSA) is 38.9 Å².